The molecule has 0 aromatic heterocycles. The number of carbonyl (C=O) groups is 1. The first-order valence-electron chi connectivity index (χ1n) is 8.31. The molecule has 2 amide bonds. The molecular weight excluding hydrogens is 403 g/mol. The zero-order chi connectivity index (χ0) is 20.1. The minimum Gasteiger partial charge on any atom is -0.256 e. The van der Waals surface area contributed by atoms with Crippen LogP contribution < -0.4 is 9.21 Å². The number of nitrogens with zero attached hydrogens (tertiary/aromatic N) is 2. The summed E-state index contributed by atoms with van der Waals surface area (Å²) in [5, 5.41) is -0.00774. The van der Waals surface area contributed by atoms with Crippen molar-refractivity contribution in [3.8, 4) is 0 Å². The van der Waals surface area contributed by atoms with E-state index in [1.165, 1.54) is 30.3 Å². The molecule has 0 fully saturated rings. The highest BCUT2D eigenvalue weighted by atomic mass is 35.5. The summed E-state index contributed by atoms with van der Waals surface area (Å²) >= 11 is 6.18. The van der Waals surface area contributed by atoms with Crippen LogP contribution in [0.5, 0.6) is 0 Å². The Bertz CT molecular complexity index is 1190. The molecule has 0 saturated carbocycles. The molecule has 5 nitrogen and oxygen atoms in total. The number of hydrogen-bond acceptors (Lipinski definition) is 3. The molecule has 0 spiro atoms. The van der Waals surface area contributed by atoms with Gasteiger partial charge in [-0.2, -0.15) is 4.31 Å². The number of aryl methyl sites for hydroxylation is 1. The largest absolute Gasteiger partial charge is 0.347 e. The Morgan fingerprint density at radius 2 is 1.68 bits per heavy atom. The molecule has 1 heterocycles. The third kappa shape index (κ3) is 2.75. The highest BCUT2D eigenvalue weighted by Crippen LogP contribution is 2.43. The summed E-state index contributed by atoms with van der Waals surface area (Å²) in [6, 6.07) is 15.5. The molecule has 0 unspecified atom stereocenters. The van der Waals surface area contributed by atoms with Crippen molar-refractivity contribution in [1.82, 2.24) is 0 Å². The zero-order valence-corrected chi connectivity index (χ0v) is 16.2. The van der Waals surface area contributed by atoms with Crippen LogP contribution in [0.15, 0.2) is 71.6 Å². The predicted molar refractivity (Wildman–Crippen MR) is 106 cm³/mol. The number of para-hydroxylation sites is 2. The average Bonchev–Trinajstić information content (AvgIpc) is 2.64. The van der Waals surface area contributed by atoms with E-state index in [2.05, 4.69) is 0 Å². The first-order valence-corrected chi connectivity index (χ1v) is 10.1. The van der Waals surface area contributed by atoms with Crippen LogP contribution in [0, 0.1) is 12.7 Å². The fraction of sp³-hybridized carbons (Fsp3) is 0.0500. The Labute approximate surface area is 166 Å². The topological polar surface area (TPSA) is 57.7 Å². The van der Waals surface area contributed by atoms with Gasteiger partial charge in [0, 0.05) is 0 Å². The molecule has 1 aliphatic heterocycles. The minimum atomic E-state index is -4.19. The summed E-state index contributed by atoms with van der Waals surface area (Å²) in [7, 11) is -4.19. The van der Waals surface area contributed by atoms with E-state index in [4.69, 9.17) is 11.6 Å². The van der Waals surface area contributed by atoms with Crippen LogP contribution in [0.4, 0.5) is 26.2 Å². The highest BCUT2D eigenvalue weighted by Gasteiger charge is 2.44. The summed E-state index contributed by atoms with van der Waals surface area (Å²) in [6.45, 7) is 1.78. The van der Waals surface area contributed by atoms with Crippen LogP contribution in [0.1, 0.15) is 5.56 Å². The lowest BCUT2D eigenvalue weighted by atomic mass is 10.2. The van der Waals surface area contributed by atoms with Crippen LogP contribution in [-0.2, 0) is 10.0 Å². The predicted octanol–water partition coefficient (Wildman–Crippen LogP) is 5.25. The first-order chi connectivity index (χ1) is 13.3. The lowest BCUT2D eigenvalue weighted by Crippen LogP contribution is -2.49. The maximum Gasteiger partial charge on any atom is 0.347 e. The molecule has 0 aliphatic carbocycles. The molecule has 0 saturated heterocycles. The van der Waals surface area contributed by atoms with Crippen LogP contribution in [0.2, 0.25) is 5.02 Å². The maximum atomic E-state index is 14.6. The number of fused-ring (bicyclic) bond motifs is 1. The second-order valence-electron chi connectivity index (χ2n) is 6.26. The summed E-state index contributed by atoms with van der Waals surface area (Å²) < 4.78 is 41.8. The smallest absolute Gasteiger partial charge is 0.256 e. The summed E-state index contributed by atoms with van der Waals surface area (Å²) in [5.74, 6) is -0.737. The zero-order valence-electron chi connectivity index (χ0n) is 14.6. The van der Waals surface area contributed by atoms with E-state index < -0.39 is 21.9 Å². The third-order valence-electron chi connectivity index (χ3n) is 4.39. The Morgan fingerprint density at radius 3 is 2.39 bits per heavy atom. The number of carbonyl (C=O) groups excluding carboxylic acids is 1. The molecule has 0 bridgehead atoms. The number of halogens is 2. The van der Waals surface area contributed by atoms with Gasteiger partial charge in [0.15, 0.2) is 0 Å². The number of rotatable bonds is 2. The highest BCUT2D eigenvalue weighted by molar-refractivity contribution is 7.94. The van der Waals surface area contributed by atoms with Crippen molar-refractivity contribution in [3.63, 3.8) is 0 Å². The van der Waals surface area contributed by atoms with Crippen molar-refractivity contribution in [1.29, 1.82) is 0 Å². The maximum absolute atomic E-state index is 14.6. The van der Waals surface area contributed by atoms with Gasteiger partial charge in [-0.25, -0.2) is 17.6 Å². The summed E-state index contributed by atoms with van der Waals surface area (Å²) in [6.07, 6.45) is 0. The SMILES string of the molecule is Cc1cccc(N2C(=O)N(c3c(F)cccc3Cl)c3ccccc3S2(=O)=O)c1. The van der Waals surface area contributed by atoms with E-state index in [1.807, 2.05) is 0 Å². The average molecular weight is 417 g/mol. The van der Waals surface area contributed by atoms with Gasteiger partial charge in [0.25, 0.3) is 10.0 Å². The van der Waals surface area contributed by atoms with Crippen molar-refractivity contribution >= 4 is 44.7 Å². The molecule has 0 N–H and O–H groups in total. The van der Waals surface area contributed by atoms with Gasteiger partial charge >= 0.3 is 6.03 Å². The van der Waals surface area contributed by atoms with Crippen molar-refractivity contribution in [3.05, 3.63) is 83.1 Å². The second kappa shape index (κ2) is 6.61. The van der Waals surface area contributed by atoms with Gasteiger partial charge < -0.3 is 0 Å². The van der Waals surface area contributed by atoms with E-state index in [0.29, 0.717) is 4.31 Å². The molecule has 8 heteroatoms. The van der Waals surface area contributed by atoms with Crippen molar-refractivity contribution < 1.29 is 17.6 Å². The fourth-order valence-corrected chi connectivity index (χ4v) is 4.97. The third-order valence-corrected chi connectivity index (χ3v) is 6.44. The van der Waals surface area contributed by atoms with Gasteiger partial charge in [-0.15, -0.1) is 0 Å². The van der Waals surface area contributed by atoms with Gasteiger partial charge in [0.1, 0.15) is 16.4 Å². The quantitative estimate of drug-likeness (QED) is 0.573. The van der Waals surface area contributed by atoms with Crippen molar-refractivity contribution in [2.75, 3.05) is 9.21 Å². The standard InChI is InChI=1S/C20H14ClFN2O3S/c1-13-6-4-7-14(12-13)24-20(25)23(19-15(21)8-5-9-16(19)22)17-10-2-3-11-18(17)28(24,26)27/h2-12H,1H3. The molecule has 28 heavy (non-hydrogen) atoms. The van der Waals surface area contributed by atoms with Gasteiger partial charge in [-0.3, -0.25) is 4.90 Å². The van der Waals surface area contributed by atoms with E-state index in [-0.39, 0.29) is 27.0 Å². The molecule has 0 atom stereocenters. The summed E-state index contributed by atoms with van der Waals surface area (Å²) in [4.78, 5) is 14.2. The molecule has 142 valence electrons. The summed E-state index contributed by atoms with van der Waals surface area (Å²) in [5.41, 5.74) is 0.782. The van der Waals surface area contributed by atoms with Gasteiger partial charge in [-0.1, -0.05) is 41.9 Å². The lowest BCUT2D eigenvalue weighted by molar-refractivity contribution is 0.256. The van der Waals surface area contributed by atoms with Gasteiger partial charge in [-0.05, 0) is 48.9 Å². The molecular formula is C20H14ClFN2O3S. The van der Waals surface area contributed by atoms with E-state index in [9.17, 15) is 17.6 Å². The van der Waals surface area contributed by atoms with Crippen LogP contribution in [0.25, 0.3) is 0 Å². The number of hydrogen-bond donors (Lipinski definition) is 0. The Hall–Kier alpha value is -2.90. The van der Waals surface area contributed by atoms with E-state index >= 15 is 0 Å². The molecule has 1 aliphatic rings. The lowest BCUT2D eigenvalue weighted by Gasteiger charge is -2.36. The van der Waals surface area contributed by atoms with E-state index in [0.717, 1.165) is 16.5 Å². The number of sulfonamides is 1. The number of anilines is 3. The number of urea groups is 1. The number of benzene rings is 3. The second-order valence-corrected chi connectivity index (χ2v) is 8.43. The van der Waals surface area contributed by atoms with Gasteiger partial charge in [0.05, 0.1) is 16.4 Å². The van der Waals surface area contributed by atoms with Crippen molar-refractivity contribution in [2.45, 2.75) is 11.8 Å². The Kier molecular flexibility index (Phi) is 4.36. The molecule has 3 aromatic rings. The van der Waals surface area contributed by atoms with Crippen LogP contribution in [0.3, 0.4) is 0 Å². The monoisotopic (exact) mass is 416 g/mol. The van der Waals surface area contributed by atoms with Gasteiger partial charge in [0.2, 0.25) is 0 Å². The number of amides is 2. The Morgan fingerprint density at radius 1 is 0.964 bits per heavy atom. The molecule has 4 rings (SSSR count). The van der Waals surface area contributed by atoms with Crippen molar-refractivity contribution in [2.24, 2.45) is 0 Å². The Balaban J connectivity index is 2.04. The first kappa shape index (κ1) is 18.5. The minimum absolute atomic E-state index is 0.00774. The fourth-order valence-electron chi connectivity index (χ4n) is 3.18. The van der Waals surface area contributed by atoms with Crippen LogP contribution in [-0.4, -0.2) is 14.4 Å². The molecule has 3 aromatic carbocycles. The van der Waals surface area contributed by atoms with E-state index in [1.54, 1.807) is 37.3 Å². The molecule has 0 radical (unpaired) electrons. The normalized spacial score (nSPS) is 15.5. The van der Waals surface area contributed by atoms with Crippen LogP contribution >= 0.6 is 11.6 Å².